The molecule has 2 aromatic rings. The molecule has 10 heteroatoms. The number of benzene rings is 1. The van der Waals surface area contributed by atoms with Crippen LogP contribution in [0.15, 0.2) is 23.6 Å². The second kappa shape index (κ2) is 7.56. The molecule has 1 aliphatic rings. The standard InChI is InChI=1S/C16H14F2N4O3S/c17-10-2-1-8(5-11(10)18)19-14(24)6-9-7-26-16(20-9)22-15(25)12-3-4-13(23)21-12/h1-2,5,7,12H,3-4,6H2,(H,19,24)(H,21,23)(H,20,22,25)/t12-/m1/s1. The Morgan fingerprint density at radius 2 is 2.08 bits per heavy atom. The first kappa shape index (κ1) is 17.9. The van der Waals surface area contributed by atoms with E-state index in [2.05, 4.69) is 20.9 Å². The molecule has 1 saturated heterocycles. The maximum atomic E-state index is 13.1. The molecular weight excluding hydrogens is 366 g/mol. The highest BCUT2D eigenvalue weighted by Crippen LogP contribution is 2.18. The van der Waals surface area contributed by atoms with Crippen LogP contribution in [0.25, 0.3) is 0 Å². The van der Waals surface area contributed by atoms with E-state index in [1.165, 1.54) is 6.07 Å². The number of hydrogen-bond acceptors (Lipinski definition) is 5. The Hall–Kier alpha value is -2.88. The van der Waals surface area contributed by atoms with Crippen molar-refractivity contribution in [2.45, 2.75) is 25.3 Å². The molecule has 0 unspecified atom stereocenters. The fourth-order valence-corrected chi connectivity index (χ4v) is 3.11. The summed E-state index contributed by atoms with van der Waals surface area (Å²) in [5.41, 5.74) is 0.551. The van der Waals surface area contributed by atoms with Crippen LogP contribution in [0.1, 0.15) is 18.5 Å². The Bertz CT molecular complexity index is 871. The van der Waals surface area contributed by atoms with Crippen LogP contribution >= 0.6 is 11.3 Å². The predicted octanol–water partition coefficient (Wildman–Crippen LogP) is 1.82. The van der Waals surface area contributed by atoms with Crippen molar-refractivity contribution in [2.24, 2.45) is 0 Å². The molecule has 0 bridgehead atoms. The molecule has 1 atom stereocenters. The summed E-state index contributed by atoms with van der Waals surface area (Å²) in [5.74, 6) is -3.04. The number of anilines is 2. The fraction of sp³-hybridized carbons (Fsp3) is 0.250. The first-order valence-corrected chi connectivity index (χ1v) is 8.58. The van der Waals surface area contributed by atoms with Crippen LogP contribution < -0.4 is 16.0 Å². The molecule has 136 valence electrons. The van der Waals surface area contributed by atoms with Gasteiger partial charge in [0.2, 0.25) is 17.7 Å². The number of nitrogens with one attached hydrogen (secondary N) is 3. The van der Waals surface area contributed by atoms with Crippen LogP contribution in [0, 0.1) is 11.6 Å². The van der Waals surface area contributed by atoms with E-state index in [4.69, 9.17) is 0 Å². The Kier molecular flexibility index (Phi) is 5.21. The minimum Gasteiger partial charge on any atom is -0.344 e. The predicted molar refractivity (Wildman–Crippen MR) is 90.6 cm³/mol. The number of aromatic nitrogens is 1. The van der Waals surface area contributed by atoms with Gasteiger partial charge in [0.1, 0.15) is 6.04 Å². The van der Waals surface area contributed by atoms with Crippen molar-refractivity contribution in [3.8, 4) is 0 Å². The minimum atomic E-state index is -1.06. The van der Waals surface area contributed by atoms with E-state index < -0.39 is 23.6 Å². The van der Waals surface area contributed by atoms with Crippen LogP contribution in [0.4, 0.5) is 19.6 Å². The largest absolute Gasteiger partial charge is 0.344 e. The molecular formula is C16H14F2N4O3S. The van der Waals surface area contributed by atoms with Gasteiger partial charge in [-0.15, -0.1) is 11.3 Å². The van der Waals surface area contributed by atoms with Crippen LogP contribution in [0.3, 0.4) is 0 Å². The van der Waals surface area contributed by atoms with E-state index in [-0.39, 0.29) is 23.9 Å². The van der Waals surface area contributed by atoms with Gasteiger partial charge in [0.25, 0.3) is 0 Å². The lowest BCUT2D eigenvalue weighted by atomic mass is 10.2. The fourth-order valence-electron chi connectivity index (χ4n) is 2.39. The zero-order valence-corrected chi connectivity index (χ0v) is 14.2. The Labute approximate surface area is 150 Å². The number of nitrogens with zero attached hydrogens (tertiary/aromatic N) is 1. The van der Waals surface area contributed by atoms with Crippen LogP contribution in [-0.2, 0) is 20.8 Å². The highest BCUT2D eigenvalue weighted by Gasteiger charge is 2.27. The van der Waals surface area contributed by atoms with Gasteiger partial charge in [0.05, 0.1) is 12.1 Å². The van der Waals surface area contributed by atoms with Crippen LogP contribution in [-0.4, -0.2) is 28.7 Å². The lowest BCUT2D eigenvalue weighted by Crippen LogP contribution is -2.37. The van der Waals surface area contributed by atoms with Crippen molar-refractivity contribution in [1.29, 1.82) is 0 Å². The Morgan fingerprint density at radius 1 is 1.27 bits per heavy atom. The summed E-state index contributed by atoms with van der Waals surface area (Å²) in [6.45, 7) is 0. The zero-order valence-electron chi connectivity index (χ0n) is 13.3. The second-order valence-electron chi connectivity index (χ2n) is 5.65. The Morgan fingerprint density at radius 3 is 2.77 bits per heavy atom. The average Bonchev–Trinajstić information content (AvgIpc) is 3.20. The summed E-state index contributed by atoms with van der Waals surface area (Å²) in [4.78, 5) is 39.2. The second-order valence-corrected chi connectivity index (χ2v) is 6.50. The van der Waals surface area contributed by atoms with E-state index in [0.29, 0.717) is 23.7 Å². The summed E-state index contributed by atoms with van der Waals surface area (Å²) in [6.07, 6.45) is 0.649. The lowest BCUT2D eigenvalue weighted by Gasteiger charge is -2.08. The number of carbonyl (C=O) groups excluding carboxylic acids is 3. The van der Waals surface area contributed by atoms with Crippen molar-refractivity contribution < 1.29 is 23.2 Å². The summed E-state index contributed by atoms with van der Waals surface area (Å²) < 4.78 is 26.0. The van der Waals surface area contributed by atoms with Crippen LogP contribution in [0.5, 0.6) is 0 Å². The molecule has 3 amide bonds. The van der Waals surface area contributed by atoms with E-state index in [0.717, 1.165) is 23.5 Å². The van der Waals surface area contributed by atoms with Gasteiger partial charge in [-0.1, -0.05) is 0 Å². The maximum absolute atomic E-state index is 13.1. The van der Waals surface area contributed by atoms with Gasteiger partial charge < -0.3 is 16.0 Å². The molecule has 1 fully saturated rings. The smallest absolute Gasteiger partial charge is 0.248 e. The van der Waals surface area contributed by atoms with Gasteiger partial charge in [-0.3, -0.25) is 14.4 Å². The van der Waals surface area contributed by atoms with Crippen molar-refractivity contribution in [2.75, 3.05) is 10.6 Å². The molecule has 0 radical (unpaired) electrons. The number of halogens is 2. The molecule has 3 N–H and O–H groups in total. The van der Waals surface area contributed by atoms with E-state index >= 15 is 0 Å². The number of hydrogen-bond donors (Lipinski definition) is 3. The SMILES string of the molecule is O=C(Cc1csc(NC(=O)[C@H]2CCC(=O)N2)n1)Nc1ccc(F)c(F)c1. The molecule has 1 aromatic heterocycles. The highest BCUT2D eigenvalue weighted by atomic mass is 32.1. The maximum Gasteiger partial charge on any atom is 0.248 e. The number of carbonyl (C=O) groups is 3. The van der Waals surface area contributed by atoms with E-state index in [9.17, 15) is 23.2 Å². The summed E-state index contributed by atoms with van der Waals surface area (Å²) in [7, 11) is 0. The number of thiazole rings is 1. The van der Waals surface area contributed by atoms with Gasteiger partial charge in [-0.05, 0) is 18.6 Å². The third kappa shape index (κ3) is 4.39. The van der Waals surface area contributed by atoms with Crippen LogP contribution in [0.2, 0.25) is 0 Å². The monoisotopic (exact) mass is 380 g/mol. The quantitative estimate of drug-likeness (QED) is 0.737. The molecule has 26 heavy (non-hydrogen) atoms. The molecule has 1 aromatic carbocycles. The van der Waals surface area contributed by atoms with Crippen molar-refractivity contribution in [1.82, 2.24) is 10.3 Å². The molecule has 7 nitrogen and oxygen atoms in total. The molecule has 1 aliphatic heterocycles. The van der Waals surface area contributed by atoms with Gasteiger partial charge in [0.15, 0.2) is 16.8 Å². The summed E-state index contributed by atoms with van der Waals surface area (Å²) >= 11 is 1.14. The first-order valence-electron chi connectivity index (χ1n) is 7.70. The third-order valence-electron chi connectivity index (χ3n) is 3.64. The topological polar surface area (TPSA) is 100 Å². The van der Waals surface area contributed by atoms with Crippen molar-refractivity contribution in [3.05, 3.63) is 40.9 Å². The van der Waals surface area contributed by atoms with Crippen molar-refractivity contribution >= 4 is 39.9 Å². The van der Waals surface area contributed by atoms with Gasteiger partial charge in [-0.2, -0.15) is 0 Å². The first-order chi connectivity index (χ1) is 12.4. The normalized spacial score (nSPS) is 16.2. The molecule has 0 spiro atoms. The number of amides is 3. The van der Waals surface area contributed by atoms with E-state index in [1.54, 1.807) is 5.38 Å². The molecule has 0 aliphatic carbocycles. The lowest BCUT2D eigenvalue weighted by molar-refractivity contribution is -0.122. The van der Waals surface area contributed by atoms with Gasteiger partial charge >= 0.3 is 0 Å². The Balaban J connectivity index is 1.54. The molecule has 0 saturated carbocycles. The van der Waals surface area contributed by atoms with E-state index in [1.807, 2.05) is 0 Å². The van der Waals surface area contributed by atoms with Gasteiger partial charge in [-0.25, -0.2) is 13.8 Å². The minimum absolute atomic E-state index is 0.0917. The molecule has 3 rings (SSSR count). The average molecular weight is 380 g/mol. The molecule has 2 heterocycles. The van der Waals surface area contributed by atoms with Gasteiger partial charge in [0, 0.05) is 23.6 Å². The summed E-state index contributed by atoms with van der Waals surface area (Å²) in [5, 5.41) is 9.50. The third-order valence-corrected chi connectivity index (χ3v) is 4.45. The van der Waals surface area contributed by atoms with Crippen molar-refractivity contribution in [3.63, 3.8) is 0 Å². The highest BCUT2D eigenvalue weighted by molar-refractivity contribution is 7.13. The zero-order chi connectivity index (χ0) is 18.7. The number of rotatable bonds is 5. The summed E-state index contributed by atoms with van der Waals surface area (Å²) in [6, 6.07) is 2.48.